The second-order valence-corrected chi connectivity index (χ2v) is 5.10. The highest BCUT2D eigenvalue weighted by Gasteiger charge is 2.09. The van der Waals surface area contributed by atoms with E-state index >= 15 is 0 Å². The van der Waals surface area contributed by atoms with E-state index in [4.69, 9.17) is 0 Å². The van der Waals surface area contributed by atoms with Crippen LogP contribution in [-0.4, -0.2) is 30.9 Å². The third-order valence-electron chi connectivity index (χ3n) is 3.66. The Balaban J connectivity index is 1.58. The molecule has 3 aromatic rings. The molecule has 0 saturated heterocycles. The Morgan fingerprint density at radius 3 is 3.00 bits per heavy atom. The molecular weight excluding hydrogens is 264 g/mol. The molecular formula is C15H20N6. The van der Waals surface area contributed by atoms with Crippen LogP contribution in [0.3, 0.4) is 0 Å². The Bertz CT molecular complexity index is 714. The van der Waals surface area contributed by atoms with E-state index in [1.165, 1.54) is 5.56 Å². The third-order valence-corrected chi connectivity index (χ3v) is 3.66. The van der Waals surface area contributed by atoms with Crippen LogP contribution in [0.25, 0.3) is 5.65 Å². The van der Waals surface area contributed by atoms with E-state index in [9.17, 15) is 0 Å². The molecule has 3 aromatic heterocycles. The van der Waals surface area contributed by atoms with E-state index in [2.05, 4.69) is 40.7 Å². The quantitative estimate of drug-likeness (QED) is 0.750. The van der Waals surface area contributed by atoms with Gasteiger partial charge in [0.25, 0.3) is 0 Å². The van der Waals surface area contributed by atoms with E-state index in [0.717, 1.165) is 31.0 Å². The van der Waals surface area contributed by atoms with E-state index in [1.54, 1.807) is 0 Å². The van der Waals surface area contributed by atoms with Crippen LogP contribution in [-0.2, 0) is 13.0 Å². The normalized spacial score (nSPS) is 12.9. The number of nitrogens with one attached hydrogen (secondary N) is 1. The van der Waals surface area contributed by atoms with Gasteiger partial charge in [0.2, 0.25) is 0 Å². The summed E-state index contributed by atoms with van der Waals surface area (Å²) in [5.74, 6) is 0.981. The molecule has 6 heteroatoms. The Hall–Kier alpha value is -2.21. The largest absolute Gasteiger partial charge is 0.310 e. The van der Waals surface area contributed by atoms with Crippen molar-refractivity contribution in [2.24, 2.45) is 0 Å². The summed E-state index contributed by atoms with van der Waals surface area (Å²) in [6, 6.07) is 6.21. The molecule has 1 unspecified atom stereocenters. The predicted molar refractivity (Wildman–Crippen MR) is 81.0 cm³/mol. The van der Waals surface area contributed by atoms with Crippen LogP contribution in [0, 0.1) is 0 Å². The lowest BCUT2D eigenvalue weighted by molar-refractivity contribution is 0.567. The van der Waals surface area contributed by atoms with Crippen molar-refractivity contribution in [1.29, 1.82) is 0 Å². The molecule has 0 aliphatic rings. The van der Waals surface area contributed by atoms with Gasteiger partial charge in [0, 0.05) is 43.5 Å². The summed E-state index contributed by atoms with van der Waals surface area (Å²) in [4.78, 5) is 0. The molecule has 21 heavy (non-hydrogen) atoms. The van der Waals surface area contributed by atoms with Crippen molar-refractivity contribution < 1.29 is 0 Å². The second-order valence-electron chi connectivity index (χ2n) is 5.10. The standard InChI is InChI=1S/C15H20N6/c1-3-20-11-13(10-17-20)12(2)16-8-7-15-19-18-14-6-4-5-9-21(14)15/h4-6,9-12,16H,3,7-8H2,1-2H3. The monoisotopic (exact) mass is 284 g/mol. The molecule has 1 atom stereocenters. The van der Waals surface area contributed by atoms with Gasteiger partial charge < -0.3 is 5.32 Å². The topological polar surface area (TPSA) is 60.0 Å². The van der Waals surface area contributed by atoms with Crippen LogP contribution in [0.4, 0.5) is 0 Å². The number of rotatable bonds is 6. The fourth-order valence-corrected chi connectivity index (χ4v) is 2.36. The number of aromatic nitrogens is 5. The molecule has 0 amide bonds. The maximum absolute atomic E-state index is 4.30. The molecule has 110 valence electrons. The van der Waals surface area contributed by atoms with Crippen LogP contribution in [0.2, 0.25) is 0 Å². The van der Waals surface area contributed by atoms with Gasteiger partial charge in [-0.15, -0.1) is 10.2 Å². The van der Waals surface area contributed by atoms with Crippen molar-refractivity contribution in [3.63, 3.8) is 0 Å². The first-order valence-corrected chi connectivity index (χ1v) is 7.32. The molecule has 0 aromatic carbocycles. The zero-order valence-electron chi connectivity index (χ0n) is 12.4. The first kappa shape index (κ1) is 13.8. The van der Waals surface area contributed by atoms with Crippen LogP contribution >= 0.6 is 0 Å². The van der Waals surface area contributed by atoms with Crippen molar-refractivity contribution in [2.75, 3.05) is 6.54 Å². The van der Waals surface area contributed by atoms with Crippen molar-refractivity contribution in [3.05, 3.63) is 48.2 Å². The lowest BCUT2D eigenvalue weighted by Crippen LogP contribution is -2.21. The number of hydrogen-bond acceptors (Lipinski definition) is 4. The summed E-state index contributed by atoms with van der Waals surface area (Å²) in [6.45, 7) is 6.00. The number of pyridine rings is 1. The summed E-state index contributed by atoms with van der Waals surface area (Å²) in [5, 5.41) is 16.2. The van der Waals surface area contributed by atoms with Crippen molar-refractivity contribution in [1.82, 2.24) is 29.7 Å². The highest BCUT2D eigenvalue weighted by atomic mass is 15.3. The molecule has 6 nitrogen and oxygen atoms in total. The van der Waals surface area contributed by atoms with Gasteiger partial charge in [0.1, 0.15) is 5.82 Å². The van der Waals surface area contributed by atoms with Crippen molar-refractivity contribution >= 4 is 5.65 Å². The smallest absolute Gasteiger partial charge is 0.160 e. The zero-order chi connectivity index (χ0) is 14.7. The number of aryl methyl sites for hydroxylation is 1. The Labute approximate surface area is 123 Å². The minimum Gasteiger partial charge on any atom is -0.310 e. The molecule has 0 fully saturated rings. The zero-order valence-corrected chi connectivity index (χ0v) is 12.4. The van der Waals surface area contributed by atoms with Crippen LogP contribution in [0.5, 0.6) is 0 Å². The van der Waals surface area contributed by atoms with Gasteiger partial charge in [-0.2, -0.15) is 5.10 Å². The average molecular weight is 284 g/mol. The second kappa shape index (κ2) is 6.05. The maximum atomic E-state index is 4.30. The summed E-state index contributed by atoms with van der Waals surface area (Å²) < 4.78 is 3.97. The van der Waals surface area contributed by atoms with Crippen LogP contribution in [0.15, 0.2) is 36.8 Å². The first-order chi connectivity index (χ1) is 10.3. The molecule has 0 aliphatic heterocycles. The molecule has 3 rings (SSSR count). The summed E-state index contributed by atoms with van der Waals surface area (Å²) >= 11 is 0. The molecule has 0 aliphatic carbocycles. The number of hydrogen-bond donors (Lipinski definition) is 1. The van der Waals surface area contributed by atoms with Gasteiger partial charge >= 0.3 is 0 Å². The summed E-state index contributed by atoms with van der Waals surface area (Å²) in [5.41, 5.74) is 2.10. The SMILES string of the molecule is CCn1cc(C(C)NCCc2nnc3ccccn23)cn1. The Kier molecular flexibility index (Phi) is 3.96. The minimum absolute atomic E-state index is 0.282. The van der Waals surface area contributed by atoms with Gasteiger partial charge in [-0.25, -0.2) is 0 Å². The fraction of sp³-hybridized carbons (Fsp3) is 0.400. The highest BCUT2D eigenvalue weighted by molar-refractivity contribution is 5.37. The lowest BCUT2D eigenvalue weighted by atomic mass is 10.2. The maximum Gasteiger partial charge on any atom is 0.160 e. The van der Waals surface area contributed by atoms with Crippen molar-refractivity contribution in [3.8, 4) is 0 Å². The van der Waals surface area contributed by atoms with Gasteiger partial charge in [0.05, 0.1) is 6.20 Å². The van der Waals surface area contributed by atoms with Gasteiger partial charge in [-0.1, -0.05) is 6.07 Å². The van der Waals surface area contributed by atoms with Crippen LogP contribution in [0.1, 0.15) is 31.3 Å². The summed E-state index contributed by atoms with van der Waals surface area (Å²) in [6.07, 6.45) is 6.86. The van der Waals surface area contributed by atoms with E-state index < -0.39 is 0 Å². The Morgan fingerprint density at radius 2 is 2.19 bits per heavy atom. The molecule has 1 N–H and O–H groups in total. The van der Waals surface area contributed by atoms with Crippen LogP contribution < -0.4 is 5.32 Å². The van der Waals surface area contributed by atoms with Gasteiger partial charge in [0.15, 0.2) is 5.65 Å². The van der Waals surface area contributed by atoms with Gasteiger partial charge in [-0.05, 0) is 26.0 Å². The Morgan fingerprint density at radius 1 is 1.29 bits per heavy atom. The highest BCUT2D eigenvalue weighted by Crippen LogP contribution is 2.11. The lowest BCUT2D eigenvalue weighted by Gasteiger charge is -2.11. The van der Waals surface area contributed by atoms with Crippen molar-refractivity contribution in [2.45, 2.75) is 32.9 Å². The van der Waals surface area contributed by atoms with E-state index in [0.29, 0.717) is 0 Å². The third kappa shape index (κ3) is 2.95. The number of nitrogens with zero attached hydrogens (tertiary/aromatic N) is 5. The molecule has 0 bridgehead atoms. The fourth-order valence-electron chi connectivity index (χ4n) is 2.36. The molecule has 0 saturated carbocycles. The minimum atomic E-state index is 0.282. The van der Waals surface area contributed by atoms with Gasteiger partial charge in [-0.3, -0.25) is 9.08 Å². The summed E-state index contributed by atoms with van der Waals surface area (Å²) in [7, 11) is 0. The van der Waals surface area contributed by atoms with E-state index in [-0.39, 0.29) is 6.04 Å². The average Bonchev–Trinajstić information content (AvgIpc) is 3.14. The molecule has 3 heterocycles. The predicted octanol–water partition coefficient (Wildman–Crippen LogP) is 1.84. The number of fused-ring (bicyclic) bond motifs is 1. The van der Waals surface area contributed by atoms with E-state index in [1.807, 2.05) is 39.7 Å². The first-order valence-electron chi connectivity index (χ1n) is 7.32. The molecule has 0 spiro atoms. The molecule has 0 radical (unpaired) electrons.